The summed E-state index contributed by atoms with van der Waals surface area (Å²) in [5.41, 5.74) is 0.895. The summed E-state index contributed by atoms with van der Waals surface area (Å²) in [6.45, 7) is 9.73. The molecular formula is C9H16O3. The summed E-state index contributed by atoms with van der Waals surface area (Å²) in [5.74, 6) is -0.321. The van der Waals surface area contributed by atoms with E-state index in [2.05, 4.69) is 6.58 Å². The Morgan fingerprint density at radius 2 is 2.17 bits per heavy atom. The van der Waals surface area contributed by atoms with Crippen LogP contribution in [0.5, 0.6) is 0 Å². The van der Waals surface area contributed by atoms with Crippen molar-refractivity contribution in [2.75, 3.05) is 13.2 Å². The van der Waals surface area contributed by atoms with Crippen molar-refractivity contribution in [2.24, 2.45) is 0 Å². The zero-order valence-electron chi connectivity index (χ0n) is 7.92. The Kier molecular flexibility index (Phi) is 5.37. The standard InChI is InChI=1S/C9H16O3/c1-5-11-9(10)8(4)12-6-7(2)3/h8H,2,5-6H2,1,3-4H3/t8-/m1/s1. The number of carbonyl (C=O) groups is 1. The van der Waals surface area contributed by atoms with Gasteiger partial charge in [-0.3, -0.25) is 0 Å². The first-order chi connectivity index (χ1) is 5.57. The van der Waals surface area contributed by atoms with Crippen molar-refractivity contribution in [1.29, 1.82) is 0 Å². The Balaban J connectivity index is 3.63. The van der Waals surface area contributed by atoms with Crippen LogP contribution in [0.15, 0.2) is 12.2 Å². The number of ether oxygens (including phenoxy) is 2. The Bertz CT molecular complexity index is 163. The van der Waals surface area contributed by atoms with Crippen LogP contribution in [0.4, 0.5) is 0 Å². The predicted molar refractivity (Wildman–Crippen MR) is 46.9 cm³/mol. The molecule has 0 aliphatic carbocycles. The van der Waals surface area contributed by atoms with Crippen molar-refractivity contribution in [2.45, 2.75) is 26.9 Å². The summed E-state index contributed by atoms with van der Waals surface area (Å²) in [5, 5.41) is 0. The van der Waals surface area contributed by atoms with Crippen molar-refractivity contribution in [3.05, 3.63) is 12.2 Å². The number of hydrogen-bond donors (Lipinski definition) is 0. The summed E-state index contributed by atoms with van der Waals surface area (Å²) in [6, 6.07) is 0. The largest absolute Gasteiger partial charge is 0.464 e. The normalized spacial score (nSPS) is 12.2. The Hall–Kier alpha value is -0.830. The minimum absolute atomic E-state index is 0.321. The van der Waals surface area contributed by atoms with Gasteiger partial charge in [0, 0.05) is 0 Å². The molecule has 3 heteroatoms. The van der Waals surface area contributed by atoms with Gasteiger partial charge < -0.3 is 9.47 Å². The second kappa shape index (κ2) is 5.77. The highest BCUT2D eigenvalue weighted by Crippen LogP contribution is 1.97. The van der Waals surface area contributed by atoms with E-state index in [1.165, 1.54) is 0 Å². The van der Waals surface area contributed by atoms with Crippen LogP contribution in [0.1, 0.15) is 20.8 Å². The Morgan fingerprint density at radius 1 is 1.58 bits per heavy atom. The van der Waals surface area contributed by atoms with Gasteiger partial charge in [0.05, 0.1) is 13.2 Å². The van der Waals surface area contributed by atoms with E-state index in [-0.39, 0.29) is 5.97 Å². The lowest BCUT2D eigenvalue weighted by Gasteiger charge is -2.11. The van der Waals surface area contributed by atoms with Crippen molar-refractivity contribution in [3.8, 4) is 0 Å². The summed E-state index contributed by atoms with van der Waals surface area (Å²) in [7, 11) is 0. The predicted octanol–water partition coefficient (Wildman–Crippen LogP) is 1.53. The maximum atomic E-state index is 11.0. The molecule has 0 aliphatic rings. The van der Waals surface area contributed by atoms with Crippen molar-refractivity contribution < 1.29 is 14.3 Å². The highest BCUT2D eigenvalue weighted by atomic mass is 16.6. The second-order valence-corrected chi connectivity index (χ2v) is 2.66. The molecule has 0 saturated carbocycles. The fourth-order valence-corrected chi connectivity index (χ4v) is 0.595. The fraction of sp³-hybridized carbons (Fsp3) is 0.667. The van der Waals surface area contributed by atoms with Crippen LogP contribution in [0.3, 0.4) is 0 Å². The fourth-order valence-electron chi connectivity index (χ4n) is 0.595. The minimum atomic E-state index is -0.498. The van der Waals surface area contributed by atoms with Crippen LogP contribution >= 0.6 is 0 Å². The first-order valence-corrected chi connectivity index (χ1v) is 4.00. The zero-order chi connectivity index (χ0) is 9.56. The third-order valence-electron chi connectivity index (χ3n) is 1.20. The van der Waals surface area contributed by atoms with Gasteiger partial charge in [0.15, 0.2) is 6.10 Å². The second-order valence-electron chi connectivity index (χ2n) is 2.66. The van der Waals surface area contributed by atoms with E-state index in [1.54, 1.807) is 13.8 Å². The highest BCUT2D eigenvalue weighted by Gasteiger charge is 2.13. The first kappa shape index (κ1) is 11.2. The Morgan fingerprint density at radius 3 is 2.58 bits per heavy atom. The molecule has 0 aliphatic heterocycles. The van der Waals surface area contributed by atoms with Gasteiger partial charge >= 0.3 is 5.97 Å². The number of carbonyl (C=O) groups excluding carboxylic acids is 1. The SMILES string of the molecule is C=C(C)CO[C@H](C)C(=O)OCC. The molecule has 3 nitrogen and oxygen atoms in total. The van der Waals surface area contributed by atoms with E-state index < -0.39 is 6.10 Å². The van der Waals surface area contributed by atoms with Gasteiger partial charge in [-0.05, 0) is 20.8 Å². The molecule has 0 N–H and O–H groups in total. The number of esters is 1. The molecule has 70 valence electrons. The summed E-state index contributed by atoms with van der Waals surface area (Å²) < 4.78 is 9.89. The maximum absolute atomic E-state index is 11.0. The van der Waals surface area contributed by atoms with Gasteiger partial charge in [0.25, 0.3) is 0 Å². The lowest BCUT2D eigenvalue weighted by atomic mass is 10.3. The van der Waals surface area contributed by atoms with Gasteiger partial charge in [0.2, 0.25) is 0 Å². The van der Waals surface area contributed by atoms with Gasteiger partial charge in [-0.25, -0.2) is 4.79 Å². The van der Waals surface area contributed by atoms with E-state index in [4.69, 9.17) is 9.47 Å². The first-order valence-electron chi connectivity index (χ1n) is 4.00. The monoisotopic (exact) mass is 172 g/mol. The van der Waals surface area contributed by atoms with Gasteiger partial charge in [-0.1, -0.05) is 12.2 Å². The summed E-state index contributed by atoms with van der Waals surface area (Å²) in [4.78, 5) is 11.0. The van der Waals surface area contributed by atoms with Crippen LogP contribution in [-0.4, -0.2) is 25.3 Å². The van der Waals surface area contributed by atoms with Crippen molar-refractivity contribution >= 4 is 5.97 Å². The number of hydrogen-bond acceptors (Lipinski definition) is 3. The van der Waals surface area contributed by atoms with Crippen LogP contribution in [-0.2, 0) is 14.3 Å². The maximum Gasteiger partial charge on any atom is 0.334 e. The van der Waals surface area contributed by atoms with E-state index in [1.807, 2.05) is 6.92 Å². The summed E-state index contributed by atoms with van der Waals surface area (Å²) in [6.07, 6.45) is -0.498. The highest BCUT2D eigenvalue weighted by molar-refractivity contribution is 5.74. The molecule has 0 unspecified atom stereocenters. The van der Waals surface area contributed by atoms with Gasteiger partial charge in [0.1, 0.15) is 0 Å². The molecule has 0 aromatic rings. The third kappa shape index (κ3) is 4.91. The molecule has 0 bridgehead atoms. The molecule has 0 rings (SSSR count). The van der Waals surface area contributed by atoms with Gasteiger partial charge in [-0.2, -0.15) is 0 Å². The topological polar surface area (TPSA) is 35.5 Å². The van der Waals surface area contributed by atoms with E-state index >= 15 is 0 Å². The molecule has 0 fully saturated rings. The van der Waals surface area contributed by atoms with E-state index in [9.17, 15) is 4.79 Å². The lowest BCUT2D eigenvalue weighted by Crippen LogP contribution is -2.23. The van der Waals surface area contributed by atoms with Crippen molar-refractivity contribution in [3.63, 3.8) is 0 Å². The summed E-state index contributed by atoms with van der Waals surface area (Å²) >= 11 is 0. The van der Waals surface area contributed by atoms with E-state index in [0.29, 0.717) is 13.2 Å². The molecule has 0 amide bonds. The zero-order valence-corrected chi connectivity index (χ0v) is 7.92. The molecular weight excluding hydrogens is 156 g/mol. The molecule has 1 atom stereocenters. The smallest absolute Gasteiger partial charge is 0.334 e. The third-order valence-corrected chi connectivity index (χ3v) is 1.20. The minimum Gasteiger partial charge on any atom is -0.464 e. The van der Waals surface area contributed by atoms with E-state index in [0.717, 1.165) is 5.57 Å². The molecule has 0 aromatic carbocycles. The molecule has 0 saturated heterocycles. The number of rotatable bonds is 5. The van der Waals surface area contributed by atoms with Crippen LogP contribution < -0.4 is 0 Å². The quantitative estimate of drug-likeness (QED) is 0.466. The van der Waals surface area contributed by atoms with Crippen molar-refractivity contribution in [1.82, 2.24) is 0 Å². The average molecular weight is 172 g/mol. The molecule has 0 aromatic heterocycles. The molecule has 12 heavy (non-hydrogen) atoms. The molecule has 0 radical (unpaired) electrons. The molecule has 0 spiro atoms. The molecule has 0 heterocycles. The Labute approximate surface area is 73.4 Å². The average Bonchev–Trinajstić information content (AvgIpc) is 2.00. The van der Waals surface area contributed by atoms with Crippen LogP contribution in [0.2, 0.25) is 0 Å². The lowest BCUT2D eigenvalue weighted by molar-refractivity contribution is -0.154. The van der Waals surface area contributed by atoms with Gasteiger partial charge in [-0.15, -0.1) is 0 Å². The van der Waals surface area contributed by atoms with Crippen LogP contribution in [0.25, 0.3) is 0 Å². The van der Waals surface area contributed by atoms with Crippen LogP contribution in [0, 0.1) is 0 Å².